The van der Waals surface area contributed by atoms with Gasteiger partial charge in [-0.2, -0.15) is 0 Å². The van der Waals surface area contributed by atoms with Crippen molar-refractivity contribution in [2.75, 3.05) is 20.1 Å². The Hall–Kier alpha value is -0.570. The number of rotatable bonds is 4. The highest BCUT2D eigenvalue weighted by Gasteiger charge is 2.29. The molecular formula is C15H30N2O. The molecule has 0 aromatic carbocycles. The topological polar surface area (TPSA) is 32.3 Å². The molecule has 0 radical (unpaired) electrons. The van der Waals surface area contributed by atoms with Gasteiger partial charge in [-0.3, -0.25) is 4.79 Å². The second kappa shape index (κ2) is 6.55. The fraction of sp³-hybridized carbons (Fsp3) is 0.933. The van der Waals surface area contributed by atoms with Crippen LogP contribution in [0.15, 0.2) is 0 Å². The molecule has 1 rings (SSSR count). The standard InChI is InChI=1S/C15H30N2O/c1-12(15(2,3)4)10-14(18)17-9-7-6-8-13(17)11-16-5/h12-13,16H,6-11H2,1-5H3. The number of carbonyl (C=O) groups excluding carboxylic acids is 1. The van der Waals surface area contributed by atoms with Gasteiger partial charge in [0.05, 0.1) is 0 Å². The van der Waals surface area contributed by atoms with Gasteiger partial charge in [0, 0.05) is 25.6 Å². The molecule has 18 heavy (non-hydrogen) atoms. The van der Waals surface area contributed by atoms with Crippen molar-refractivity contribution >= 4 is 5.91 Å². The summed E-state index contributed by atoms with van der Waals surface area (Å²) >= 11 is 0. The molecule has 2 unspecified atom stereocenters. The quantitative estimate of drug-likeness (QED) is 0.836. The van der Waals surface area contributed by atoms with Crippen LogP contribution in [0.4, 0.5) is 0 Å². The third-order valence-corrected chi connectivity index (χ3v) is 4.35. The lowest BCUT2D eigenvalue weighted by atomic mass is 9.79. The zero-order valence-electron chi connectivity index (χ0n) is 12.8. The third-order valence-electron chi connectivity index (χ3n) is 4.35. The average molecular weight is 254 g/mol. The zero-order valence-corrected chi connectivity index (χ0v) is 12.8. The summed E-state index contributed by atoms with van der Waals surface area (Å²) in [5, 5.41) is 3.21. The van der Waals surface area contributed by atoms with Gasteiger partial charge in [-0.25, -0.2) is 0 Å². The van der Waals surface area contributed by atoms with Crippen molar-refractivity contribution in [3.8, 4) is 0 Å². The molecule has 0 aliphatic carbocycles. The SMILES string of the molecule is CNCC1CCCCN1C(=O)CC(C)C(C)(C)C. The second-order valence-corrected chi connectivity index (χ2v) is 6.77. The highest BCUT2D eigenvalue weighted by Crippen LogP contribution is 2.29. The molecule has 2 atom stereocenters. The maximum atomic E-state index is 12.4. The van der Waals surface area contributed by atoms with E-state index >= 15 is 0 Å². The molecule has 3 nitrogen and oxygen atoms in total. The number of likely N-dealkylation sites (tertiary alicyclic amines) is 1. The lowest BCUT2D eigenvalue weighted by Crippen LogP contribution is -2.48. The van der Waals surface area contributed by atoms with Gasteiger partial charge in [0.1, 0.15) is 0 Å². The number of likely N-dealkylation sites (N-methyl/N-ethyl adjacent to an activating group) is 1. The predicted molar refractivity (Wildman–Crippen MR) is 76.5 cm³/mol. The van der Waals surface area contributed by atoms with Crippen molar-refractivity contribution in [1.29, 1.82) is 0 Å². The molecule has 1 fully saturated rings. The summed E-state index contributed by atoms with van der Waals surface area (Å²) in [7, 11) is 1.97. The van der Waals surface area contributed by atoms with Gasteiger partial charge in [0.15, 0.2) is 0 Å². The molecular weight excluding hydrogens is 224 g/mol. The van der Waals surface area contributed by atoms with Crippen molar-refractivity contribution in [2.24, 2.45) is 11.3 Å². The summed E-state index contributed by atoms with van der Waals surface area (Å²) in [6, 6.07) is 0.406. The fourth-order valence-electron chi connectivity index (χ4n) is 2.46. The molecule has 0 spiro atoms. The van der Waals surface area contributed by atoms with Crippen LogP contribution in [0, 0.1) is 11.3 Å². The maximum Gasteiger partial charge on any atom is 0.223 e. The first-order valence-electron chi connectivity index (χ1n) is 7.30. The first-order valence-corrected chi connectivity index (χ1v) is 7.30. The van der Waals surface area contributed by atoms with E-state index in [-0.39, 0.29) is 5.41 Å². The van der Waals surface area contributed by atoms with Crippen molar-refractivity contribution in [3.05, 3.63) is 0 Å². The number of nitrogens with zero attached hydrogens (tertiary/aromatic N) is 1. The molecule has 0 saturated carbocycles. The van der Waals surface area contributed by atoms with Crippen LogP contribution < -0.4 is 5.32 Å². The molecule has 1 amide bonds. The number of carbonyl (C=O) groups is 1. The predicted octanol–water partition coefficient (Wildman–Crippen LogP) is 2.66. The minimum absolute atomic E-state index is 0.212. The van der Waals surface area contributed by atoms with Crippen molar-refractivity contribution in [2.45, 2.75) is 59.4 Å². The van der Waals surface area contributed by atoms with Crippen molar-refractivity contribution in [1.82, 2.24) is 10.2 Å². The van der Waals surface area contributed by atoms with E-state index < -0.39 is 0 Å². The molecule has 1 heterocycles. The summed E-state index contributed by atoms with van der Waals surface area (Å²) in [5.74, 6) is 0.777. The van der Waals surface area contributed by atoms with E-state index in [1.165, 1.54) is 6.42 Å². The second-order valence-electron chi connectivity index (χ2n) is 6.77. The monoisotopic (exact) mass is 254 g/mol. The Morgan fingerprint density at radius 1 is 1.39 bits per heavy atom. The number of amides is 1. The molecule has 1 N–H and O–H groups in total. The normalized spacial score (nSPS) is 22.9. The van der Waals surface area contributed by atoms with Gasteiger partial charge in [0.2, 0.25) is 5.91 Å². The number of nitrogens with one attached hydrogen (secondary N) is 1. The fourth-order valence-corrected chi connectivity index (χ4v) is 2.46. The highest BCUT2D eigenvalue weighted by atomic mass is 16.2. The van der Waals surface area contributed by atoms with Crippen LogP contribution in [-0.2, 0) is 4.79 Å². The molecule has 0 bridgehead atoms. The molecule has 3 heteroatoms. The summed E-state index contributed by atoms with van der Waals surface area (Å²) in [5.41, 5.74) is 0.212. The van der Waals surface area contributed by atoms with Gasteiger partial charge in [-0.15, -0.1) is 0 Å². The van der Waals surface area contributed by atoms with Gasteiger partial charge in [0.25, 0.3) is 0 Å². The van der Waals surface area contributed by atoms with Crippen LogP contribution in [-0.4, -0.2) is 37.0 Å². The summed E-state index contributed by atoms with van der Waals surface area (Å²) in [4.78, 5) is 14.6. The van der Waals surface area contributed by atoms with E-state index in [4.69, 9.17) is 0 Å². The van der Waals surface area contributed by atoms with Gasteiger partial charge in [-0.05, 0) is 37.6 Å². The largest absolute Gasteiger partial charge is 0.338 e. The first kappa shape index (κ1) is 15.5. The third kappa shape index (κ3) is 4.27. The molecule has 1 saturated heterocycles. The van der Waals surface area contributed by atoms with E-state index in [1.807, 2.05) is 7.05 Å². The number of piperidine rings is 1. The van der Waals surface area contributed by atoms with Crippen LogP contribution in [0.1, 0.15) is 53.4 Å². The summed E-state index contributed by atoms with van der Waals surface area (Å²) in [6.07, 6.45) is 4.25. The van der Waals surface area contributed by atoms with Crippen LogP contribution in [0.2, 0.25) is 0 Å². The molecule has 1 aliphatic heterocycles. The maximum absolute atomic E-state index is 12.4. The van der Waals surface area contributed by atoms with Gasteiger partial charge < -0.3 is 10.2 Å². The smallest absolute Gasteiger partial charge is 0.223 e. The lowest BCUT2D eigenvalue weighted by Gasteiger charge is -2.37. The van der Waals surface area contributed by atoms with E-state index in [0.717, 1.165) is 25.9 Å². The number of hydrogen-bond acceptors (Lipinski definition) is 2. The first-order chi connectivity index (χ1) is 8.36. The Balaban J connectivity index is 2.58. The summed E-state index contributed by atoms with van der Waals surface area (Å²) < 4.78 is 0. The Morgan fingerprint density at radius 2 is 2.06 bits per heavy atom. The Bertz CT molecular complexity index is 268. The Labute approximate surface area is 112 Å². The lowest BCUT2D eigenvalue weighted by molar-refractivity contribution is -0.136. The van der Waals surface area contributed by atoms with Crippen LogP contribution in [0.25, 0.3) is 0 Å². The van der Waals surface area contributed by atoms with Gasteiger partial charge >= 0.3 is 0 Å². The Morgan fingerprint density at radius 3 is 2.61 bits per heavy atom. The Kier molecular flexibility index (Phi) is 5.64. The molecule has 0 aromatic rings. The molecule has 0 aromatic heterocycles. The van der Waals surface area contributed by atoms with E-state index in [2.05, 4.69) is 37.9 Å². The minimum atomic E-state index is 0.212. The van der Waals surface area contributed by atoms with E-state index in [9.17, 15) is 4.79 Å². The van der Waals surface area contributed by atoms with Crippen LogP contribution in [0.3, 0.4) is 0 Å². The van der Waals surface area contributed by atoms with E-state index in [1.54, 1.807) is 0 Å². The summed E-state index contributed by atoms with van der Waals surface area (Å²) in [6.45, 7) is 10.7. The van der Waals surface area contributed by atoms with Crippen LogP contribution >= 0.6 is 0 Å². The van der Waals surface area contributed by atoms with Crippen molar-refractivity contribution < 1.29 is 4.79 Å². The van der Waals surface area contributed by atoms with Crippen LogP contribution in [0.5, 0.6) is 0 Å². The average Bonchev–Trinajstić information content (AvgIpc) is 2.28. The molecule has 106 valence electrons. The number of hydrogen-bond donors (Lipinski definition) is 1. The van der Waals surface area contributed by atoms with Gasteiger partial charge in [-0.1, -0.05) is 27.7 Å². The van der Waals surface area contributed by atoms with Crippen molar-refractivity contribution in [3.63, 3.8) is 0 Å². The molecule has 1 aliphatic rings. The minimum Gasteiger partial charge on any atom is -0.338 e. The van der Waals surface area contributed by atoms with E-state index in [0.29, 0.717) is 24.3 Å². The zero-order chi connectivity index (χ0) is 13.8. The highest BCUT2D eigenvalue weighted by molar-refractivity contribution is 5.77.